The Bertz CT molecular complexity index is 657. The first kappa shape index (κ1) is 14.9. The summed E-state index contributed by atoms with van der Waals surface area (Å²) in [5, 5.41) is 9.37. The normalized spacial score (nSPS) is 18.6. The van der Waals surface area contributed by atoms with E-state index in [1.54, 1.807) is 19.9 Å². The molecule has 1 aromatic rings. The topological polar surface area (TPSA) is 61.2 Å². The third-order valence-electron chi connectivity index (χ3n) is 4.04. The van der Waals surface area contributed by atoms with Gasteiger partial charge in [-0.3, -0.25) is 0 Å². The van der Waals surface area contributed by atoms with Crippen LogP contribution in [0.2, 0.25) is 0 Å². The number of hydrogen-bond donors (Lipinski definition) is 0. The van der Waals surface area contributed by atoms with E-state index in [0.717, 1.165) is 23.2 Å². The third-order valence-corrected chi connectivity index (χ3v) is 6.17. The molecule has 0 N–H and O–H groups in total. The van der Waals surface area contributed by atoms with Crippen LogP contribution in [0.3, 0.4) is 0 Å². The second kappa shape index (κ2) is 4.83. The van der Waals surface area contributed by atoms with E-state index >= 15 is 0 Å². The lowest BCUT2D eigenvalue weighted by molar-refractivity contribution is 0.275. The molecule has 0 radical (unpaired) electrons. The van der Waals surface area contributed by atoms with Gasteiger partial charge in [0.25, 0.3) is 0 Å². The molecule has 0 amide bonds. The monoisotopic (exact) mass is 296 g/mol. The van der Waals surface area contributed by atoms with Gasteiger partial charge < -0.3 is 0 Å². The predicted molar refractivity (Wildman–Crippen MR) is 72.8 cm³/mol. The van der Waals surface area contributed by atoms with Crippen LogP contribution in [0.25, 0.3) is 0 Å². The van der Waals surface area contributed by atoms with Gasteiger partial charge in [-0.15, -0.1) is 0 Å². The van der Waals surface area contributed by atoms with Crippen LogP contribution in [-0.4, -0.2) is 25.3 Å². The van der Waals surface area contributed by atoms with Gasteiger partial charge in [0.15, 0.2) is 0 Å². The van der Waals surface area contributed by atoms with Gasteiger partial charge >= 0.3 is 0 Å². The zero-order valence-corrected chi connectivity index (χ0v) is 12.5. The van der Waals surface area contributed by atoms with Crippen molar-refractivity contribution in [3.63, 3.8) is 0 Å². The molecule has 1 atom stereocenters. The lowest BCUT2D eigenvalue weighted by Gasteiger charge is -2.32. The lowest BCUT2D eigenvalue weighted by Crippen LogP contribution is -2.48. The summed E-state index contributed by atoms with van der Waals surface area (Å²) in [5.74, 6) is -0.771. The Kier molecular flexibility index (Phi) is 3.61. The first-order valence-electron chi connectivity index (χ1n) is 6.40. The Balaban J connectivity index is 2.53. The summed E-state index contributed by atoms with van der Waals surface area (Å²) in [6.45, 7) is 3.14. The fourth-order valence-corrected chi connectivity index (χ4v) is 4.15. The van der Waals surface area contributed by atoms with Crippen LogP contribution in [0.15, 0.2) is 23.1 Å². The van der Waals surface area contributed by atoms with Gasteiger partial charge in [0, 0.05) is 7.05 Å². The molecule has 1 aliphatic rings. The van der Waals surface area contributed by atoms with Crippen LogP contribution in [0.1, 0.15) is 25.3 Å². The van der Waals surface area contributed by atoms with E-state index in [-0.39, 0.29) is 10.8 Å². The molecule has 20 heavy (non-hydrogen) atoms. The summed E-state index contributed by atoms with van der Waals surface area (Å²) >= 11 is 0. The molecular weight excluding hydrogens is 279 g/mol. The highest BCUT2D eigenvalue weighted by atomic mass is 32.2. The van der Waals surface area contributed by atoms with Crippen molar-refractivity contribution in [3.8, 4) is 6.07 Å². The molecule has 1 fully saturated rings. The number of benzene rings is 1. The summed E-state index contributed by atoms with van der Waals surface area (Å²) in [7, 11) is -2.69. The average Bonchev–Trinajstić information content (AvgIpc) is 3.21. The number of nitriles is 1. The average molecular weight is 296 g/mol. The van der Waals surface area contributed by atoms with Crippen LogP contribution in [0, 0.1) is 30.0 Å². The molecule has 4 nitrogen and oxygen atoms in total. The van der Waals surface area contributed by atoms with Crippen molar-refractivity contribution in [1.29, 1.82) is 5.26 Å². The van der Waals surface area contributed by atoms with E-state index in [9.17, 15) is 18.1 Å². The smallest absolute Gasteiger partial charge is 0.207 e. The summed E-state index contributed by atoms with van der Waals surface area (Å²) in [4.78, 5) is -0.343. The summed E-state index contributed by atoms with van der Waals surface area (Å²) in [6.07, 6.45) is 1.64. The fourth-order valence-electron chi connectivity index (χ4n) is 2.39. The molecule has 0 aliphatic heterocycles. The van der Waals surface area contributed by atoms with Gasteiger partial charge in [0.1, 0.15) is 16.3 Å². The van der Waals surface area contributed by atoms with Crippen LogP contribution in [0.5, 0.6) is 0 Å². The van der Waals surface area contributed by atoms with Gasteiger partial charge in [0.2, 0.25) is 10.0 Å². The van der Waals surface area contributed by atoms with Crippen molar-refractivity contribution in [2.75, 3.05) is 7.05 Å². The van der Waals surface area contributed by atoms with Crippen LogP contribution in [0.4, 0.5) is 4.39 Å². The highest BCUT2D eigenvalue weighted by Crippen LogP contribution is 2.44. The maximum atomic E-state index is 13.9. The molecule has 108 valence electrons. The maximum absolute atomic E-state index is 13.9. The Labute approximate surface area is 118 Å². The molecule has 0 spiro atoms. The standard InChI is InChI=1S/C14H17FN2O2S/c1-10-5-4-6-12(15)13(10)20(18,19)17(3)14(2,9-16)11-7-8-11/h4-6,11H,7-8H2,1-3H3. The van der Waals surface area contributed by atoms with E-state index in [0.29, 0.717) is 5.56 Å². The Morgan fingerprint density at radius 2 is 2.05 bits per heavy atom. The molecule has 2 rings (SSSR count). The molecule has 0 saturated heterocycles. The van der Waals surface area contributed by atoms with Crippen molar-refractivity contribution >= 4 is 10.0 Å². The number of hydrogen-bond acceptors (Lipinski definition) is 3. The number of nitrogens with zero attached hydrogens (tertiary/aromatic N) is 2. The molecule has 0 bridgehead atoms. The second-order valence-corrected chi connectivity index (χ2v) is 7.30. The van der Waals surface area contributed by atoms with Gasteiger partial charge in [-0.05, 0) is 44.2 Å². The quantitative estimate of drug-likeness (QED) is 0.857. The summed E-state index contributed by atoms with van der Waals surface area (Å²) in [5.41, 5.74) is -0.791. The number of rotatable bonds is 4. The Hall–Kier alpha value is -1.45. The minimum atomic E-state index is -4.04. The van der Waals surface area contributed by atoms with Crippen molar-refractivity contribution in [2.45, 2.75) is 37.1 Å². The highest BCUT2D eigenvalue weighted by Gasteiger charge is 2.49. The van der Waals surface area contributed by atoms with Gasteiger partial charge in [-0.1, -0.05) is 12.1 Å². The van der Waals surface area contributed by atoms with Crippen LogP contribution in [-0.2, 0) is 10.0 Å². The first-order valence-corrected chi connectivity index (χ1v) is 7.84. The Morgan fingerprint density at radius 1 is 1.45 bits per heavy atom. The molecule has 1 unspecified atom stereocenters. The van der Waals surface area contributed by atoms with E-state index in [1.807, 2.05) is 0 Å². The van der Waals surface area contributed by atoms with E-state index in [2.05, 4.69) is 6.07 Å². The van der Waals surface area contributed by atoms with Crippen molar-refractivity contribution in [2.24, 2.45) is 5.92 Å². The molecule has 1 aromatic carbocycles. The van der Waals surface area contributed by atoms with Crippen molar-refractivity contribution < 1.29 is 12.8 Å². The second-order valence-electron chi connectivity index (χ2n) is 5.39. The number of halogens is 1. The van der Waals surface area contributed by atoms with Crippen molar-refractivity contribution in [1.82, 2.24) is 4.31 Å². The van der Waals surface area contributed by atoms with E-state index in [1.165, 1.54) is 13.1 Å². The maximum Gasteiger partial charge on any atom is 0.247 e. The minimum Gasteiger partial charge on any atom is -0.207 e. The molecule has 0 heterocycles. The molecule has 0 aromatic heterocycles. The van der Waals surface area contributed by atoms with Crippen LogP contribution < -0.4 is 0 Å². The van der Waals surface area contributed by atoms with Gasteiger partial charge in [-0.2, -0.15) is 9.57 Å². The summed E-state index contributed by atoms with van der Waals surface area (Å²) < 4.78 is 40.2. The minimum absolute atomic E-state index is 0.0133. The van der Waals surface area contributed by atoms with Gasteiger partial charge in [0.05, 0.1) is 6.07 Å². The Morgan fingerprint density at radius 3 is 2.50 bits per heavy atom. The number of sulfonamides is 1. The first-order chi connectivity index (χ1) is 9.25. The largest absolute Gasteiger partial charge is 0.247 e. The fraction of sp³-hybridized carbons (Fsp3) is 0.500. The zero-order valence-electron chi connectivity index (χ0n) is 11.7. The molecule has 1 aliphatic carbocycles. The number of aryl methyl sites for hydroxylation is 1. The third kappa shape index (κ3) is 2.21. The van der Waals surface area contributed by atoms with Crippen LogP contribution >= 0.6 is 0 Å². The highest BCUT2D eigenvalue weighted by molar-refractivity contribution is 7.89. The molecule has 6 heteroatoms. The zero-order chi connectivity index (χ0) is 15.1. The molecular formula is C14H17FN2O2S. The SMILES string of the molecule is Cc1cccc(F)c1S(=O)(=O)N(C)C(C)(C#N)C1CC1. The van der Waals surface area contributed by atoms with E-state index in [4.69, 9.17) is 0 Å². The van der Waals surface area contributed by atoms with Gasteiger partial charge in [-0.25, -0.2) is 12.8 Å². The summed E-state index contributed by atoms with van der Waals surface area (Å²) in [6, 6.07) is 6.21. The lowest BCUT2D eigenvalue weighted by atomic mass is 9.99. The predicted octanol–water partition coefficient (Wildman–Crippen LogP) is 2.45. The van der Waals surface area contributed by atoms with E-state index < -0.39 is 21.4 Å². The van der Waals surface area contributed by atoms with Crippen molar-refractivity contribution in [3.05, 3.63) is 29.6 Å². The molecule has 1 saturated carbocycles.